The third-order valence-corrected chi connectivity index (χ3v) is 12.8. The van der Waals surface area contributed by atoms with Crippen molar-refractivity contribution < 1.29 is 24.2 Å². The van der Waals surface area contributed by atoms with Crippen LogP contribution in [0, 0.1) is 11.8 Å². The second-order valence-electron chi connectivity index (χ2n) is 15.9. The maximum Gasteiger partial charge on any atom is 0.255 e. The molecule has 5 aliphatic heterocycles. The van der Waals surface area contributed by atoms with E-state index in [0.717, 1.165) is 62.6 Å². The summed E-state index contributed by atoms with van der Waals surface area (Å²) in [5, 5.41) is 12.5. The molecule has 10 heteroatoms. The van der Waals surface area contributed by atoms with Crippen LogP contribution in [0.2, 0.25) is 0 Å². The van der Waals surface area contributed by atoms with Gasteiger partial charge < -0.3 is 24.5 Å². The van der Waals surface area contributed by atoms with E-state index in [1.165, 1.54) is 48.9 Å². The Balaban J connectivity index is 0.768. The van der Waals surface area contributed by atoms with Gasteiger partial charge in [0.2, 0.25) is 11.8 Å². The Morgan fingerprint density at radius 2 is 1.52 bits per heavy atom. The van der Waals surface area contributed by atoms with Crippen LogP contribution in [0.1, 0.15) is 83.5 Å². The number of fused-ring (bicyclic) bond motifs is 2. The van der Waals surface area contributed by atoms with Gasteiger partial charge in [-0.15, -0.1) is 0 Å². The molecule has 4 fully saturated rings. The van der Waals surface area contributed by atoms with Crippen molar-refractivity contribution in [2.24, 2.45) is 11.8 Å². The van der Waals surface area contributed by atoms with Gasteiger partial charge in [-0.25, -0.2) is 0 Å². The van der Waals surface area contributed by atoms with E-state index in [2.05, 4.69) is 56.4 Å². The molecule has 272 valence electrons. The van der Waals surface area contributed by atoms with Gasteiger partial charge in [-0.2, -0.15) is 0 Å². The van der Waals surface area contributed by atoms with Crippen LogP contribution in [0.4, 0.5) is 11.4 Å². The molecule has 3 aromatic carbocycles. The summed E-state index contributed by atoms with van der Waals surface area (Å²) < 4.78 is 6.47. The van der Waals surface area contributed by atoms with Gasteiger partial charge in [0, 0.05) is 81.6 Å². The third-order valence-electron chi connectivity index (χ3n) is 12.8. The van der Waals surface area contributed by atoms with Crippen molar-refractivity contribution in [1.82, 2.24) is 15.1 Å². The number of ether oxygens (including phenoxy) is 1. The average molecular weight is 704 g/mol. The number of amides is 3. The lowest BCUT2D eigenvalue weighted by Gasteiger charge is -2.42. The fourth-order valence-electron chi connectivity index (χ4n) is 9.60. The van der Waals surface area contributed by atoms with Crippen LogP contribution in [-0.4, -0.2) is 90.6 Å². The third kappa shape index (κ3) is 6.34. The van der Waals surface area contributed by atoms with Gasteiger partial charge in [-0.05, 0) is 109 Å². The number of rotatable bonds is 7. The molecule has 9 rings (SSSR count). The highest BCUT2D eigenvalue weighted by molar-refractivity contribution is 6.05. The molecule has 52 heavy (non-hydrogen) atoms. The Hall–Kier alpha value is -4.41. The summed E-state index contributed by atoms with van der Waals surface area (Å²) in [6.07, 6.45) is 7.01. The minimum absolute atomic E-state index is 0.121. The smallest absolute Gasteiger partial charge is 0.255 e. The number of nitrogens with one attached hydrogen (secondary N) is 1. The lowest BCUT2D eigenvalue weighted by molar-refractivity contribution is -0.136. The first-order valence-electron chi connectivity index (χ1n) is 19.4. The molecule has 1 aliphatic carbocycles. The summed E-state index contributed by atoms with van der Waals surface area (Å²) in [7, 11) is 0. The van der Waals surface area contributed by atoms with E-state index < -0.39 is 6.04 Å². The fraction of sp³-hybridized carbons (Fsp3) is 0.500. The number of aromatic hydroxyl groups is 1. The molecule has 5 heterocycles. The molecular weight excluding hydrogens is 654 g/mol. The van der Waals surface area contributed by atoms with E-state index in [4.69, 9.17) is 4.74 Å². The van der Waals surface area contributed by atoms with Crippen LogP contribution in [0.15, 0.2) is 60.7 Å². The van der Waals surface area contributed by atoms with Gasteiger partial charge in [0.05, 0.1) is 12.7 Å². The minimum atomic E-state index is -0.584. The van der Waals surface area contributed by atoms with Gasteiger partial charge in [0.25, 0.3) is 5.91 Å². The largest absolute Gasteiger partial charge is 0.508 e. The van der Waals surface area contributed by atoms with Gasteiger partial charge in [0.15, 0.2) is 0 Å². The molecule has 0 aromatic heterocycles. The Morgan fingerprint density at radius 3 is 2.25 bits per heavy atom. The number of phenolic OH excluding ortho intramolecular Hbond substituents is 1. The van der Waals surface area contributed by atoms with E-state index in [1.54, 1.807) is 4.90 Å². The lowest BCUT2D eigenvalue weighted by atomic mass is 9.71. The van der Waals surface area contributed by atoms with Gasteiger partial charge in [0.1, 0.15) is 11.8 Å². The van der Waals surface area contributed by atoms with Crippen LogP contribution < -0.4 is 15.1 Å². The number of imide groups is 1. The number of piperidine rings is 2. The van der Waals surface area contributed by atoms with Crippen molar-refractivity contribution in [2.75, 3.05) is 55.6 Å². The van der Waals surface area contributed by atoms with Gasteiger partial charge in [-0.1, -0.05) is 24.6 Å². The monoisotopic (exact) mass is 703 g/mol. The standard InChI is InChI=1S/C42H49N5O5/c48-34-9-11-35-31(23-34)26-52-40(29-2-1-3-29)39(35)28-4-6-32(7-5-28)45-16-14-27(15-17-45)24-44-18-20-46(21-19-44)33-8-10-36-30(22-33)25-47(42(36)51)37-12-13-38(49)43-41(37)50/h4-11,22-23,27,29,37,39-40,48H,1-3,12-21,24-26H2,(H,43,49,50)/t37-,39+,40+/m0/s1. The van der Waals surface area contributed by atoms with Crippen LogP contribution in [-0.2, 0) is 27.5 Å². The van der Waals surface area contributed by atoms with E-state index in [0.29, 0.717) is 42.7 Å². The van der Waals surface area contributed by atoms with Crippen molar-refractivity contribution in [2.45, 2.75) is 76.2 Å². The summed E-state index contributed by atoms with van der Waals surface area (Å²) in [6, 6.07) is 20.5. The first kappa shape index (κ1) is 33.4. The maximum absolute atomic E-state index is 13.1. The molecule has 2 N–H and O–H groups in total. The number of carbonyl (C=O) groups excluding carboxylic acids is 3. The van der Waals surface area contributed by atoms with Crippen molar-refractivity contribution in [1.29, 1.82) is 0 Å². The predicted octanol–water partition coefficient (Wildman–Crippen LogP) is 5.02. The molecule has 0 unspecified atom stereocenters. The number of phenols is 1. The summed E-state index contributed by atoms with van der Waals surface area (Å²) in [5.74, 6) is 1.06. The van der Waals surface area contributed by atoms with E-state index in [1.807, 2.05) is 24.3 Å². The summed E-state index contributed by atoms with van der Waals surface area (Å²) in [4.78, 5) is 46.4. The van der Waals surface area contributed by atoms with Crippen LogP contribution in [0.3, 0.4) is 0 Å². The average Bonchev–Trinajstić information content (AvgIpc) is 3.46. The van der Waals surface area contributed by atoms with E-state index in [9.17, 15) is 19.5 Å². The highest BCUT2D eigenvalue weighted by Gasteiger charge is 2.41. The minimum Gasteiger partial charge on any atom is -0.508 e. The Kier molecular flexibility index (Phi) is 8.91. The highest BCUT2D eigenvalue weighted by atomic mass is 16.5. The molecule has 1 saturated carbocycles. The first-order chi connectivity index (χ1) is 25.4. The predicted molar refractivity (Wildman–Crippen MR) is 198 cm³/mol. The molecule has 0 bridgehead atoms. The summed E-state index contributed by atoms with van der Waals surface area (Å²) in [6.45, 7) is 8.23. The number of carbonyl (C=O) groups is 3. The molecule has 0 radical (unpaired) electrons. The van der Waals surface area contributed by atoms with Crippen LogP contribution in [0.25, 0.3) is 0 Å². The zero-order chi connectivity index (χ0) is 35.3. The molecule has 10 nitrogen and oxygen atoms in total. The Morgan fingerprint density at radius 1 is 0.769 bits per heavy atom. The highest BCUT2D eigenvalue weighted by Crippen LogP contribution is 2.46. The van der Waals surface area contributed by atoms with Crippen molar-refractivity contribution in [3.05, 3.63) is 88.5 Å². The Bertz CT molecular complexity index is 1840. The van der Waals surface area contributed by atoms with Gasteiger partial charge in [-0.3, -0.25) is 24.6 Å². The fourth-order valence-corrected chi connectivity index (χ4v) is 9.60. The lowest BCUT2D eigenvalue weighted by Crippen LogP contribution is -2.52. The first-order valence-corrected chi connectivity index (χ1v) is 19.4. The molecule has 3 aromatic rings. The van der Waals surface area contributed by atoms with E-state index >= 15 is 0 Å². The van der Waals surface area contributed by atoms with Crippen molar-refractivity contribution in [3.8, 4) is 5.75 Å². The quantitative estimate of drug-likeness (QED) is 0.331. The maximum atomic E-state index is 13.1. The molecule has 3 saturated heterocycles. The second kappa shape index (κ2) is 13.9. The summed E-state index contributed by atoms with van der Waals surface area (Å²) in [5.41, 5.74) is 7.78. The number of piperazine rings is 1. The second-order valence-corrected chi connectivity index (χ2v) is 15.9. The SMILES string of the molecule is O=C1CC[C@H](N2Cc3cc(N4CCN(CC5CCN(c6ccc([C@@H]7c8ccc(O)cc8CO[C@@H]7C7CCC7)cc6)CC5)CC4)ccc3C2=O)C(=O)N1. The van der Waals surface area contributed by atoms with Crippen LogP contribution >= 0.6 is 0 Å². The number of nitrogens with zero attached hydrogens (tertiary/aromatic N) is 4. The normalized spacial score (nSPS) is 25.9. The van der Waals surface area contributed by atoms with Gasteiger partial charge >= 0.3 is 0 Å². The van der Waals surface area contributed by atoms with E-state index in [-0.39, 0.29) is 36.2 Å². The molecule has 6 aliphatic rings. The zero-order valence-corrected chi connectivity index (χ0v) is 29.8. The molecular formula is C42H49N5O5. The number of benzene rings is 3. The summed E-state index contributed by atoms with van der Waals surface area (Å²) >= 11 is 0. The molecule has 3 atom stereocenters. The molecule has 3 amide bonds. The van der Waals surface area contributed by atoms with Crippen molar-refractivity contribution >= 4 is 29.1 Å². The zero-order valence-electron chi connectivity index (χ0n) is 29.8. The number of anilines is 2. The molecule has 0 spiro atoms. The number of hydrogen-bond acceptors (Lipinski definition) is 8. The van der Waals surface area contributed by atoms with Crippen molar-refractivity contribution in [3.63, 3.8) is 0 Å². The Labute approximate surface area is 305 Å². The topological polar surface area (TPSA) is 106 Å². The van der Waals surface area contributed by atoms with Crippen LogP contribution in [0.5, 0.6) is 5.75 Å². The number of hydrogen-bond donors (Lipinski definition) is 2.